The van der Waals surface area contributed by atoms with Crippen molar-refractivity contribution in [2.75, 3.05) is 0 Å². The monoisotopic (exact) mass is 705 g/mol. The fourth-order valence-electron chi connectivity index (χ4n) is 8.74. The normalized spacial score (nSPS) is 17.8. The maximum absolute atomic E-state index is 6.67. The molecule has 11 rings (SSSR count). The third-order valence-corrected chi connectivity index (χ3v) is 11.4. The van der Waals surface area contributed by atoms with Gasteiger partial charge in [0.2, 0.25) is 0 Å². The first kappa shape index (κ1) is 31.6. The average molecular weight is 706 g/mol. The maximum atomic E-state index is 6.67. The van der Waals surface area contributed by atoms with Crippen LogP contribution in [0.5, 0.6) is 0 Å². The van der Waals surface area contributed by atoms with Gasteiger partial charge in [-0.1, -0.05) is 164 Å². The molecule has 0 N–H and O–H groups in total. The lowest BCUT2D eigenvalue weighted by atomic mass is 9.72. The zero-order chi connectivity index (χ0) is 36.3. The number of hydrogen-bond acceptors (Lipinski definition) is 4. The second kappa shape index (κ2) is 12.9. The number of nitrogens with zero attached hydrogens (tertiary/aromatic N) is 3. The summed E-state index contributed by atoms with van der Waals surface area (Å²) in [6.07, 6.45) is 21.8. The third-order valence-electron chi connectivity index (χ3n) is 11.4. The maximum Gasteiger partial charge on any atom is 0.164 e. The number of furan rings is 1. The highest BCUT2D eigenvalue weighted by atomic mass is 16.3. The van der Waals surface area contributed by atoms with Crippen LogP contribution in [-0.2, 0) is 0 Å². The Bertz CT molecular complexity index is 3050. The van der Waals surface area contributed by atoms with Gasteiger partial charge in [0, 0.05) is 39.3 Å². The van der Waals surface area contributed by atoms with Crippen LogP contribution in [0.2, 0.25) is 0 Å². The Balaban J connectivity index is 1.04. The van der Waals surface area contributed by atoms with Crippen molar-refractivity contribution in [2.45, 2.75) is 18.8 Å². The van der Waals surface area contributed by atoms with E-state index in [2.05, 4.69) is 170 Å². The molecule has 2 atom stereocenters. The van der Waals surface area contributed by atoms with E-state index in [1.54, 1.807) is 0 Å². The molecule has 55 heavy (non-hydrogen) atoms. The Hall–Kier alpha value is -6.91. The van der Waals surface area contributed by atoms with Crippen molar-refractivity contribution in [3.8, 4) is 22.5 Å². The van der Waals surface area contributed by atoms with Gasteiger partial charge in [-0.15, -0.1) is 0 Å². The Morgan fingerprint density at radius 1 is 0.545 bits per heavy atom. The zero-order valence-corrected chi connectivity index (χ0v) is 30.1. The predicted octanol–water partition coefficient (Wildman–Crippen LogP) is 13.0. The molecule has 8 aromatic rings. The lowest BCUT2D eigenvalue weighted by Gasteiger charge is -2.31. The molecule has 0 saturated heterocycles. The first-order chi connectivity index (χ1) is 27.3. The Morgan fingerprint density at radius 2 is 1.29 bits per heavy atom. The lowest BCUT2D eigenvalue weighted by Crippen LogP contribution is -2.19. The number of allylic oxidation sites excluding steroid dienone is 12. The van der Waals surface area contributed by atoms with Crippen LogP contribution in [0.25, 0.3) is 77.1 Å². The van der Waals surface area contributed by atoms with Gasteiger partial charge < -0.3 is 4.42 Å². The standard InChI is InChI=1S/C51H35N3O/c1-3-13-32(14-4-1)38-29-30-42(47-44-19-9-10-24-46(44)55-48(38)47)40-21-11-22-41-39(40)20-12-23-43(41)51-53-49(35-16-5-2-6-17-35)52-50(54-51)36-28-27-34-26-25-33-15-7-8-18-37(33)45(34)31-36/h1-5,7-16,18-31,39-40H,6,17H2. The minimum absolute atomic E-state index is 0.0778. The molecule has 0 spiro atoms. The molecule has 260 valence electrons. The molecule has 2 unspecified atom stereocenters. The smallest absolute Gasteiger partial charge is 0.164 e. The van der Waals surface area contributed by atoms with Crippen molar-refractivity contribution in [2.24, 2.45) is 5.92 Å². The molecule has 3 aliphatic carbocycles. The number of fused-ring (bicyclic) bond motifs is 7. The van der Waals surface area contributed by atoms with Crippen LogP contribution in [-0.4, -0.2) is 15.0 Å². The molecule has 0 amide bonds. The average Bonchev–Trinajstić information content (AvgIpc) is 3.66. The predicted molar refractivity (Wildman–Crippen MR) is 226 cm³/mol. The van der Waals surface area contributed by atoms with Crippen molar-refractivity contribution in [1.29, 1.82) is 0 Å². The molecule has 0 fully saturated rings. The second-order valence-corrected chi connectivity index (χ2v) is 14.6. The zero-order valence-electron chi connectivity index (χ0n) is 30.1. The molecule has 4 nitrogen and oxygen atoms in total. The fraction of sp³-hybridized carbons (Fsp3) is 0.0784. The third kappa shape index (κ3) is 5.32. The Morgan fingerprint density at radius 3 is 2.18 bits per heavy atom. The van der Waals surface area contributed by atoms with Crippen LogP contribution in [0.3, 0.4) is 0 Å². The van der Waals surface area contributed by atoms with Gasteiger partial charge in [-0.05, 0) is 68.8 Å². The van der Waals surface area contributed by atoms with E-state index in [1.807, 2.05) is 6.07 Å². The molecule has 0 radical (unpaired) electrons. The second-order valence-electron chi connectivity index (χ2n) is 14.6. The number of hydrogen-bond donors (Lipinski definition) is 0. The van der Waals surface area contributed by atoms with Crippen molar-refractivity contribution >= 4 is 54.6 Å². The highest BCUT2D eigenvalue weighted by Crippen LogP contribution is 2.48. The van der Waals surface area contributed by atoms with E-state index in [4.69, 9.17) is 19.4 Å². The van der Waals surface area contributed by atoms with Gasteiger partial charge in [-0.3, -0.25) is 0 Å². The molecule has 4 heteroatoms. The molecule has 0 aliphatic heterocycles. The highest BCUT2D eigenvalue weighted by Gasteiger charge is 2.32. The van der Waals surface area contributed by atoms with Crippen LogP contribution < -0.4 is 0 Å². The van der Waals surface area contributed by atoms with Crippen molar-refractivity contribution < 1.29 is 4.42 Å². The quantitative estimate of drug-likeness (QED) is 0.167. The number of para-hydroxylation sites is 1. The van der Waals surface area contributed by atoms with E-state index in [-0.39, 0.29) is 11.8 Å². The SMILES string of the molecule is C1=CCCC(c2nc(C3=CC=CC4C3=CC=CC4c3ccc(-c4ccccc4)c4oc5ccccc5c34)nc(-c3ccc4ccc5ccccc5c4c3)n2)=C1. The van der Waals surface area contributed by atoms with E-state index < -0.39 is 0 Å². The molecule has 3 aliphatic rings. The summed E-state index contributed by atoms with van der Waals surface area (Å²) >= 11 is 0. The van der Waals surface area contributed by atoms with E-state index in [0.717, 1.165) is 63.1 Å². The summed E-state index contributed by atoms with van der Waals surface area (Å²) in [5.41, 5.74) is 9.66. The Labute approximate surface area is 318 Å². The summed E-state index contributed by atoms with van der Waals surface area (Å²) in [6.45, 7) is 0. The van der Waals surface area contributed by atoms with Crippen LogP contribution in [0.4, 0.5) is 0 Å². The van der Waals surface area contributed by atoms with Crippen LogP contribution in [0.15, 0.2) is 186 Å². The first-order valence-electron chi connectivity index (χ1n) is 19.1. The lowest BCUT2D eigenvalue weighted by molar-refractivity contribution is 0.663. The van der Waals surface area contributed by atoms with E-state index in [9.17, 15) is 0 Å². The van der Waals surface area contributed by atoms with Crippen molar-refractivity contribution in [1.82, 2.24) is 15.0 Å². The molecule has 6 aromatic carbocycles. The summed E-state index contributed by atoms with van der Waals surface area (Å²) in [5, 5.41) is 7.13. The number of aromatic nitrogens is 3. The van der Waals surface area contributed by atoms with Crippen molar-refractivity contribution in [3.63, 3.8) is 0 Å². The van der Waals surface area contributed by atoms with E-state index in [0.29, 0.717) is 11.6 Å². The van der Waals surface area contributed by atoms with Crippen LogP contribution in [0, 0.1) is 5.92 Å². The summed E-state index contributed by atoms with van der Waals surface area (Å²) in [6, 6.07) is 43.0. The van der Waals surface area contributed by atoms with E-state index >= 15 is 0 Å². The first-order valence-corrected chi connectivity index (χ1v) is 19.1. The van der Waals surface area contributed by atoms with Crippen LogP contribution in [0.1, 0.15) is 36.0 Å². The number of rotatable bonds is 5. The fourth-order valence-corrected chi connectivity index (χ4v) is 8.74. The van der Waals surface area contributed by atoms with Gasteiger partial charge in [0.15, 0.2) is 17.5 Å². The van der Waals surface area contributed by atoms with Gasteiger partial charge >= 0.3 is 0 Å². The topological polar surface area (TPSA) is 51.8 Å². The summed E-state index contributed by atoms with van der Waals surface area (Å²) in [4.78, 5) is 15.7. The van der Waals surface area contributed by atoms with Gasteiger partial charge in [-0.25, -0.2) is 15.0 Å². The molecule has 2 heterocycles. The van der Waals surface area contributed by atoms with Gasteiger partial charge in [0.25, 0.3) is 0 Å². The summed E-state index contributed by atoms with van der Waals surface area (Å²) in [7, 11) is 0. The molecular formula is C51H35N3O. The van der Waals surface area contributed by atoms with Crippen molar-refractivity contribution in [3.05, 3.63) is 199 Å². The van der Waals surface area contributed by atoms with E-state index in [1.165, 1.54) is 38.1 Å². The van der Waals surface area contributed by atoms with Gasteiger partial charge in [0.05, 0.1) is 0 Å². The number of benzene rings is 6. The molecule has 0 saturated carbocycles. The summed E-state index contributed by atoms with van der Waals surface area (Å²) < 4.78 is 6.67. The Kier molecular flexibility index (Phi) is 7.41. The minimum Gasteiger partial charge on any atom is -0.455 e. The minimum atomic E-state index is 0.0778. The molecular weight excluding hydrogens is 671 g/mol. The van der Waals surface area contributed by atoms with Gasteiger partial charge in [-0.2, -0.15) is 0 Å². The largest absolute Gasteiger partial charge is 0.455 e. The summed E-state index contributed by atoms with van der Waals surface area (Å²) in [5.74, 6) is 2.28. The molecule has 2 aromatic heterocycles. The van der Waals surface area contributed by atoms with Crippen LogP contribution >= 0.6 is 0 Å². The van der Waals surface area contributed by atoms with Gasteiger partial charge in [0.1, 0.15) is 11.2 Å². The molecule has 0 bridgehead atoms. The highest BCUT2D eigenvalue weighted by molar-refractivity contribution is 6.12.